The van der Waals surface area contributed by atoms with Crippen molar-refractivity contribution >= 4 is 34.0 Å². The van der Waals surface area contributed by atoms with Crippen LogP contribution in [0.4, 0.5) is 17.2 Å². The molecular weight excluding hydrogens is 360 g/mol. The van der Waals surface area contributed by atoms with E-state index in [4.69, 9.17) is 0 Å². The second kappa shape index (κ2) is 8.10. The number of carbonyl (C=O) groups is 1. The van der Waals surface area contributed by atoms with Gasteiger partial charge in [-0.1, -0.05) is 50.2 Å². The van der Waals surface area contributed by atoms with Crippen molar-refractivity contribution in [2.45, 2.75) is 19.8 Å². The molecule has 0 aliphatic rings. The second-order valence-electron chi connectivity index (χ2n) is 7.13. The summed E-state index contributed by atoms with van der Waals surface area (Å²) in [5.41, 5.74) is 4.18. The van der Waals surface area contributed by atoms with Gasteiger partial charge in [-0.2, -0.15) is 0 Å². The van der Waals surface area contributed by atoms with Gasteiger partial charge < -0.3 is 10.6 Å². The van der Waals surface area contributed by atoms with Gasteiger partial charge in [0.25, 0.3) is 5.91 Å². The average Bonchev–Trinajstić information content (AvgIpc) is 2.74. The van der Waals surface area contributed by atoms with Gasteiger partial charge in [0.1, 0.15) is 5.82 Å². The van der Waals surface area contributed by atoms with Crippen LogP contribution in [0.15, 0.2) is 79.1 Å². The molecule has 0 atom stereocenters. The van der Waals surface area contributed by atoms with E-state index in [9.17, 15) is 4.79 Å². The van der Waals surface area contributed by atoms with Crippen molar-refractivity contribution in [2.75, 3.05) is 10.6 Å². The number of hydrogen-bond acceptors (Lipinski definition) is 4. The molecule has 29 heavy (non-hydrogen) atoms. The largest absolute Gasteiger partial charge is 0.338 e. The van der Waals surface area contributed by atoms with Crippen LogP contribution in [0.1, 0.15) is 35.7 Å². The number of para-hydroxylation sites is 2. The smallest absolute Gasteiger partial charge is 0.255 e. The molecule has 0 bridgehead atoms. The van der Waals surface area contributed by atoms with Crippen molar-refractivity contribution < 1.29 is 4.79 Å². The topological polar surface area (TPSA) is 66.9 Å². The molecule has 0 saturated heterocycles. The SMILES string of the molecule is CC(C)c1ccccc1NC(=O)c1ccnc(Nc2cccc3cccnc23)c1. The van der Waals surface area contributed by atoms with Gasteiger partial charge in [0.15, 0.2) is 0 Å². The number of benzene rings is 2. The number of anilines is 3. The van der Waals surface area contributed by atoms with Crippen molar-refractivity contribution in [3.8, 4) is 0 Å². The van der Waals surface area contributed by atoms with Crippen LogP contribution >= 0.6 is 0 Å². The van der Waals surface area contributed by atoms with Crippen LogP contribution < -0.4 is 10.6 Å². The van der Waals surface area contributed by atoms with Crippen molar-refractivity contribution in [2.24, 2.45) is 0 Å². The van der Waals surface area contributed by atoms with Gasteiger partial charge in [-0.15, -0.1) is 0 Å². The molecule has 144 valence electrons. The Kier molecular flexibility index (Phi) is 5.20. The fourth-order valence-electron chi connectivity index (χ4n) is 3.29. The Bertz CT molecular complexity index is 1160. The van der Waals surface area contributed by atoms with E-state index in [1.54, 1.807) is 24.5 Å². The summed E-state index contributed by atoms with van der Waals surface area (Å²) in [6, 6.07) is 21.2. The van der Waals surface area contributed by atoms with E-state index >= 15 is 0 Å². The van der Waals surface area contributed by atoms with E-state index in [2.05, 4.69) is 34.4 Å². The van der Waals surface area contributed by atoms with Gasteiger partial charge in [-0.25, -0.2) is 4.98 Å². The highest BCUT2D eigenvalue weighted by molar-refractivity contribution is 6.05. The standard InChI is InChI=1S/C24H22N4O/c1-16(2)19-9-3-4-10-20(19)28-24(29)18-12-14-25-22(15-18)27-21-11-5-7-17-8-6-13-26-23(17)21/h3-16H,1-2H3,(H,25,27)(H,28,29). The molecule has 0 radical (unpaired) electrons. The first-order valence-corrected chi connectivity index (χ1v) is 9.59. The molecule has 0 spiro atoms. The van der Waals surface area contributed by atoms with Gasteiger partial charge in [-0.05, 0) is 41.8 Å². The minimum atomic E-state index is -0.167. The van der Waals surface area contributed by atoms with E-state index in [-0.39, 0.29) is 5.91 Å². The van der Waals surface area contributed by atoms with E-state index in [1.165, 1.54) is 0 Å². The highest BCUT2D eigenvalue weighted by atomic mass is 16.1. The molecule has 5 nitrogen and oxygen atoms in total. The molecule has 2 aromatic carbocycles. The van der Waals surface area contributed by atoms with E-state index in [1.807, 2.05) is 54.6 Å². The Balaban J connectivity index is 1.58. The molecule has 0 aliphatic carbocycles. The zero-order valence-corrected chi connectivity index (χ0v) is 16.4. The Morgan fingerprint density at radius 3 is 2.52 bits per heavy atom. The van der Waals surface area contributed by atoms with E-state index in [0.717, 1.165) is 27.8 Å². The summed E-state index contributed by atoms with van der Waals surface area (Å²) in [6.07, 6.45) is 3.39. The maximum atomic E-state index is 12.8. The van der Waals surface area contributed by atoms with Crippen molar-refractivity contribution in [3.63, 3.8) is 0 Å². The van der Waals surface area contributed by atoms with Crippen LogP contribution in [0.2, 0.25) is 0 Å². The Morgan fingerprint density at radius 1 is 0.862 bits per heavy atom. The summed E-state index contributed by atoms with van der Waals surface area (Å²) in [6.45, 7) is 4.22. The van der Waals surface area contributed by atoms with Gasteiger partial charge >= 0.3 is 0 Å². The Morgan fingerprint density at radius 2 is 1.66 bits per heavy atom. The third kappa shape index (κ3) is 4.09. The van der Waals surface area contributed by atoms with E-state index in [0.29, 0.717) is 17.3 Å². The predicted octanol–water partition coefficient (Wildman–Crippen LogP) is 5.75. The summed E-state index contributed by atoms with van der Waals surface area (Å²) in [5.74, 6) is 0.743. The summed E-state index contributed by atoms with van der Waals surface area (Å²) in [4.78, 5) is 21.6. The maximum absolute atomic E-state index is 12.8. The third-order valence-corrected chi connectivity index (χ3v) is 4.75. The van der Waals surface area contributed by atoms with Crippen LogP contribution in [0, 0.1) is 0 Å². The molecule has 1 amide bonds. The number of pyridine rings is 2. The highest BCUT2D eigenvalue weighted by Gasteiger charge is 2.12. The molecule has 2 heterocycles. The number of aromatic nitrogens is 2. The maximum Gasteiger partial charge on any atom is 0.255 e. The molecule has 2 aromatic heterocycles. The highest BCUT2D eigenvalue weighted by Crippen LogP contribution is 2.26. The van der Waals surface area contributed by atoms with Gasteiger partial charge in [0, 0.05) is 29.0 Å². The fraction of sp³-hybridized carbons (Fsp3) is 0.125. The lowest BCUT2D eigenvalue weighted by Gasteiger charge is -2.14. The van der Waals surface area contributed by atoms with Gasteiger partial charge in [-0.3, -0.25) is 9.78 Å². The van der Waals surface area contributed by atoms with E-state index < -0.39 is 0 Å². The summed E-state index contributed by atoms with van der Waals surface area (Å²) in [7, 11) is 0. The first kappa shape index (κ1) is 18.6. The average molecular weight is 382 g/mol. The minimum absolute atomic E-state index is 0.167. The summed E-state index contributed by atoms with van der Waals surface area (Å²) < 4.78 is 0. The number of hydrogen-bond donors (Lipinski definition) is 2. The van der Waals surface area contributed by atoms with Crippen LogP contribution in [0.3, 0.4) is 0 Å². The molecule has 4 rings (SSSR count). The molecule has 2 N–H and O–H groups in total. The third-order valence-electron chi connectivity index (χ3n) is 4.75. The van der Waals surface area contributed by atoms with Crippen molar-refractivity contribution in [1.82, 2.24) is 9.97 Å². The molecule has 0 aliphatic heterocycles. The number of rotatable bonds is 5. The monoisotopic (exact) mass is 382 g/mol. The number of amides is 1. The predicted molar refractivity (Wildman–Crippen MR) is 118 cm³/mol. The van der Waals surface area contributed by atoms with Crippen LogP contribution in [-0.2, 0) is 0 Å². The first-order valence-electron chi connectivity index (χ1n) is 9.59. The Labute approximate surface area is 169 Å². The number of nitrogens with zero attached hydrogens (tertiary/aromatic N) is 2. The molecule has 4 aromatic rings. The Hall–Kier alpha value is -3.73. The zero-order valence-electron chi connectivity index (χ0n) is 16.4. The zero-order chi connectivity index (χ0) is 20.2. The molecular formula is C24H22N4O. The van der Waals surface area contributed by atoms with Crippen molar-refractivity contribution in [1.29, 1.82) is 0 Å². The molecule has 5 heteroatoms. The first-order chi connectivity index (χ1) is 14.1. The minimum Gasteiger partial charge on any atom is -0.338 e. The van der Waals surface area contributed by atoms with Crippen molar-refractivity contribution in [3.05, 3.63) is 90.3 Å². The second-order valence-corrected chi connectivity index (χ2v) is 7.13. The normalized spacial score (nSPS) is 10.9. The van der Waals surface area contributed by atoms with Crippen LogP contribution in [0.5, 0.6) is 0 Å². The summed E-state index contributed by atoms with van der Waals surface area (Å²) >= 11 is 0. The molecule has 0 unspecified atom stereocenters. The fourth-order valence-corrected chi connectivity index (χ4v) is 3.29. The lowest BCUT2D eigenvalue weighted by Crippen LogP contribution is -2.14. The number of fused-ring (bicyclic) bond motifs is 1. The van der Waals surface area contributed by atoms with Gasteiger partial charge in [0.2, 0.25) is 0 Å². The number of nitrogens with one attached hydrogen (secondary N) is 2. The van der Waals surface area contributed by atoms with Gasteiger partial charge in [0.05, 0.1) is 11.2 Å². The quantitative estimate of drug-likeness (QED) is 0.461. The lowest BCUT2D eigenvalue weighted by atomic mass is 10.0. The summed E-state index contributed by atoms with van der Waals surface area (Å²) in [5, 5.41) is 7.34. The molecule has 0 saturated carbocycles. The lowest BCUT2D eigenvalue weighted by molar-refractivity contribution is 0.102. The molecule has 0 fully saturated rings. The van der Waals surface area contributed by atoms with Crippen LogP contribution in [0.25, 0.3) is 10.9 Å². The van der Waals surface area contributed by atoms with Crippen LogP contribution in [-0.4, -0.2) is 15.9 Å². The number of carbonyl (C=O) groups excluding carboxylic acids is 1.